The van der Waals surface area contributed by atoms with Gasteiger partial charge in [0.1, 0.15) is 5.75 Å². The lowest BCUT2D eigenvalue weighted by Gasteiger charge is -2.36. The average Bonchev–Trinajstić information content (AvgIpc) is 2.86. The van der Waals surface area contributed by atoms with Crippen molar-refractivity contribution in [2.45, 2.75) is 13.3 Å². The van der Waals surface area contributed by atoms with Gasteiger partial charge in [0.15, 0.2) is 11.5 Å². The molecule has 3 rings (SSSR count). The van der Waals surface area contributed by atoms with E-state index >= 15 is 0 Å². The normalized spacial score (nSPS) is 14.0. The van der Waals surface area contributed by atoms with Gasteiger partial charge in [-0.2, -0.15) is 0 Å². The van der Waals surface area contributed by atoms with Crippen LogP contribution in [0.2, 0.25) is 0 Å². The number of esters is 1. The lowest BCUT2D eigenvalue weighted by Crippen LogP contribution is -2.46. The monoisotopic (exact) mass is 458 g/mol. The van der Waals surface area contributed by atoms with E-state index < -0.39 is 5.97 Å². The third kappa shape index (κ3) is 6.22. The second-order valence-electron chi connectivity index (χ2n) is 7.63. The molecule has 0 saturated carbocycles. The highest BCUT2D eigenvalue weighted by Gasteiger charge is 2.20. The first kappa shape index (κ1) is 24.5. The van der Waals surface area contributed by atoms with Crippen molar-refractivity contribution in [1.29, 1.82) is 0 Å². The number of rotatable bonds is 11. The molecule has 2 aromatic rings. The molecule has 8 nitrogen and oxygen atoms in total. The number of anilines is 1. The van der Waals surface area contributed by atoms with Gasteiger partial charge in [0, 0.05) is 32.7 Å². The number of hydrogen-bond donors (Lipinski definition) is 0. The fraction of sp³-hybridized carbons (Fsp3) is 0.480. The molecule has 1 saturated heterocycles. The van der Waals surface area contributed by atoms with Crippen LogP contribution < -0.4 is 23.8 Å². The van der Waals surface area contributed by atoms with Gasteiger partial charge in [-0.1, -0.05) is 12.1 Å². The smallest absolute Gasteiger partial charge is 0.338 e. The van der Waals surface area contributed by atoms with Crippen LogP contribution in [0.15, 0.2) is 36.4 Å². The second-order valence-corrected chi connectivity index (χ2v) is 7.63. The highest BCUT2D eigenvalue weighted by Crippen LogP contribution is 2.38. The van der Waals surface area contributed by atoms with Gasteiger partial charge >= 0.3 is 5.97 Å². The van der Waals surface area contributed by atoms with Crippen LogP contribution in [0.5, 0.6) is 23.0 Å². The standard InChI is InChI=1S/C25H34N2O6/c1-5-32-21-10-7-6-9-20(21)27-14-12-26(13-15-27)11-8-16-33-25(28)19-17-22(29-2)24(31-4)23(18-19)30-3/h6-7,9-10,17-18H,5,8,11-16H2,1-4H3. The van der Waals surface area contributed by atoms with Crippen molar-refractivity contribution in [1.82, 2.24) is 4.90 Å². The van der Waals surface area contributed by atoms with Crippen LogP contribution in [0.3, 0.4) is 0 Å². The van der Waals surface area contributed by atoms with Gasteiger partial charge in [-0.3, -0.25) is 4.90 Å². The van der Waals surface area contributed by atoms with E-state index in [2.05, 4.69) is 15.9 Å². The topological polar surface area (TPSA) is 69.7 Å². The molecule has 180 valence electrons. The quantitative estimate of drug-likeness (QED) is 0.375. The molecule has 2 aromatic carbocycles. The molecule has 1 heterocycles. The minimum atomic E-state index is -0.411. The van der Waals surface area contributed by atoms with Crippen LogP contribution in [0, 0.1) is 0 Å². The first-order valence-electron chi connectivity index (χ1n) is 11.3. The van der Waals surface area contributed by atoms with Gasteiger partial charge in [0.2, 0.25) is 5.75 Å². The summed E-state index contributed by atoms with van der Waals surface area (Å²) < 4.78 is 27.2. The molecule has 33 heavy (non-hydrogen) atoms. The number of para-hydroxylation sites is 2. The summed E-state index contributed by atoms with van der Waals surface area (Å²) >= 11 is 0. The third-order valence-electron chi connectivity index (χ3n) is 5.63. The number of carbonyl (C=O) groups excluding carboxylic acids is 1. The lowest BCUT2D eigenvalue weighted by atomic mass is 10.2. The maximum Gasteiger partial charge on any atom is 0.338 e. The number of carbonyl (C=O) groups is 1. The van der Waals surface area contributed by atoms with Crippen molar-refractivity contribution in [2.75, 3.05) is 72.2 Å². The van der Waals surface area contributed by atoms with Gasteiger partial charge in [-0.15, -0.1) is 0 Å². The lowest BCUT2D eigenvalue weighted by molar-refractivity contribution is 0.0486. The van der Waals surface area contributed by atoms with Crippen molar-refractivity contribution in [2.24, 2.45) is 0 Å². The first-order valence-corrected chi connectivity index (χ1v) is 11.3. The largest absolute Gasteiger partial charge is 0.493 e. The molecule has 1 fully saturated rings. The molecule has 0 amide bonds. The van der Waals surface area contributed by atoms with Gasteiger partial charge in [-0.05, 0) is 37.6 Å². The average molecular weight is 459 g/mol. The maximum atomic E-state index is 12.5. The minimum Gasteiger partial charge on any atom is -0.493 e. The van der Waals surface area contributed by atoms with E-state index in [1.165, 1.54) is 21.3 Å². The van der Waals surface area contributed by atoms with Crippen molar-refractivity contribution in [3.8, 4) is 23.0 Å². The summed E-state index contributed by atoms with van der Waals surface area (Å²) in [6.45, 7) is 7.69. The van der Waals surface area contributed by atoms with Crippen LogP contribution in [0.1, 0.15) is 23.7 Å². The predicted molar refractivity (Wildman–Crippen MR) is 127 cm³/mol. The summed E-state index contributed by atoms with van der Waals surface area (Å²) in [7, 11) is 4.55. The number of methoxy groups -OCH3 is 3. The van der Waals surface area contributed by atoms with Crippen molar-refractivity contribution in [3.05, 3.63) is 42.0 Å². The summed E-state index contributed by atoms with van der Waals surface area (Å²) in [5.41, 5.74) is 1.52. The SMILES string of the molecule is CCOc1ccccc1N1CCN(CCCOC(=O)c2cc(OC)c(OC)c(OC)c2)CC1. The zero-order valence-electron chi connectivity index (χ0n) is 20.0. The number of ether oxygens (including phenoxy) is 5. The molecule has 0 aliphatic carbocycles. The van der Waals surface area contributed by atoms with Crippen molar-refractivity contribution in [3.63, 3.8) is 0 Å². The van der Waals surface area contributed by atoms with E-state index in [-0.39, 0.29) is 0 Å². The summed E-state index contributed by atoms with van der Waals surface area (Å²) in [4.78, 5) is 17.3. The van der Waals surface area contributed by atoms with E-state index in [4.69, 9.17) is 23.7 Å². The Labute approximate surface area is 195 Å². The minimum absolute atomic E-state index is 0.350. The fourth-order valence-electron chi connectivity index (χ4n) is 3.94. The molecule has 1 aliphatic rings. The van der Waals surface area contributed by atoms with Gasteiger partial charge < -0.3 is 28.6 Å². The van der Waals surface area contributed by atoms with Crippen molar-refractivity contribution >= 4 is 11.7 Å². The van der Waals surface area contributed by atoms with E-state index in [0.717, 1.165) is 50.6 Å². The van der Waals surface area contributed by atoms with Crippen LogP contribution in [-0.4, -0.2) is 78.1 Å². The first-order chi connectivity index (χ1) is 16.1. The Hall–Kier alpha value is -3.13. The molecule has 0 aromatic heterocycles. The zero-order valence-corrected chi connectivity index (χ0v) is 20.0. The van der Waals surface area contributed by atoms with Gasteiger partial charge in [0.05, 0.1) is 45.8 Å². The van der Waals surface area contributed by atoms with Gasteiger partial charge in [-0.25, -0.2) is 4.79 Å². The summed E-state index contributed by atoms with van der Waals surface area (Å²) in [5.74, 6) is 1.82. The molecule has 0 spiro atoms. The van der Waals surface area contributed by atoms with E-state index in [9.17, 15) is 4.79 Å². The molecule has 0 N–H and O–H groups in total. The number of benzene rings is 2. The zero-order chi connectivity index (χ0) is 23.6. The Morgan fingerprint density at radius 1 is 0.909 bits per heavy atom. The Morgan fingerprint density at radius 2 is 1.58 bits per heavy atom. The van der Waals surface area contributed by atoms with E-state index in [0.29, 0.717) is 36.0 Å². The Balaban J connectivity index is 1.45. The molecular weight excluding hydrogens is 424 g/mol. The Bertz CT molecular complexity index is 887. The molecule has 0 radical (unpaired) electrons. The van der Waals surface area contributed by atoms with E-state index in [1.54, 1.807) is 12.1 Å². The number of nitrogens with zero attached hydrogens (tertiary/aromatic N) is 2. The highest BCUT2D eigenvalue weighted by molar-refractivity contribution is 5.91. The summed E-state index contributed by atoms with van der Waals surface area (Å²) in [5, 5.41) is 0. The second kappa shape index (κ2) is 12.2. The van der Waals surface area contributed by atoms with Crippen molar-refractivity contribution < 1.29 is 28.5 Å². The molecule has 1 aliphatic heterocycles. The van der Waals surface area contributed by atoms with Crippen LogP contribution >= 0.6 is 0 Å². The maximum absolute atomic E-state index is 12.5. The number of hydrogen-bond acceptors (Lipinski definition) is 8. The third-order valence-corrected chi connectivity index (χ3v) is 5.63. The number of piperazine rings is 1. The molecule has 0 atom stereocenters. The van der Waals surface area contributed by atoms with Crippen LogP contribution in [0.4, 0.5) is 5.69 Å². The predicted octanol–water partition coefficient (Wildman–Crippen LogP) is 3.48. The molecule has 8 heteroatoms. The molecular formula is C25H34N2O6. The fourth-order valence-corrected chi connectivity index (χ4v) is 3.94. The summed E-state index contributed by atoms with van der Waals surface area (Å²) in [6, 6.07) is 11.4. The Morgan fingerprint density at radius 3 is 2.18 bits per heavy atom. The summed E-state index contributed by atoms with van der Waals surface area (Å²) in [6.07, 6.45) is 0.770. The van der Waals surface area contributed by atoms with Crippen LogP contribution in [0.25, 0.3) is 0 Å². The Kier molecular flexibility index (Phi) is 9.06. The van der Waals surface area contributed by atoms with Gasteiger partial charge in [0.25, 0.3) is 0 Å². The molecule has 0 bridgehead atoms. The van der Waals surface area contributed by atoms with E-state index in [1.807, 2.05) is 25.1 Å². The molecule has 0 unspecified atom stereocenters. The highest BCUT2D eigenvalue weighted by atomic mass is 16.5. The van der Waals surface area contributed by atoms with Crippen LogP contribution in [-0.2, 0) is 4.74 Å².